The van der Waals surface area contributed by atoms with E-state index >= 15 is 0 Å². The Balaban J connectivity index is 1.77. The minimum atomic E-state index is -0.592. The van der Waals surface area contributed by atoms with E-state index in [-0.39, 0.29) is 17.2 Å². The van der Waals surface area contributed by atoms with Crippen LogP contribution in [0.4, 0.5) is 11.4 Å². The molecule has 1 saturated heterocycles. The molecule has 7 heteroatoms. The van der Waals surface area contributed by atoms with Gasteiger partial charge in [-0.1, -0.05) is 18.2 Å². The summed E-state index contributed by atoms with van der Waals surface area (Å²) in [4.78, 5) is 37.3. The molecule has 0 aromatic heterocycles. The number of hydrogen-bond acceptors (Lipinski definition) is 4. The molecule has 0 bridgehead atoms. The van der Waals surface area contributed by atoms with Crippen molar-refractivity contribution in [3.63, 3.8) is 0 Å². The molecule has 0 atom stereocenters. The lowest BCUT2D eigenvalue weighted by Gasteiger charge is -2.26. The summed E-state index contributed by atoms with van der Waals surface area (Å²) >= 11 is 0. The highest BCUT2D eigenvalue weighted by Gasteiger charge is 2.21. The Kier molecular flexibility index (Phi) is 5.26. The number of amides is 2. The van der Waals surface area contributed by atoms with Gasteiger partial charge in [-0.15, -0.1) is 0 Å². The van der Waals surface area contributed by atoms with Gasteiger partial charge in [-0.25, -0.2) is 0 Å². The quantitative estimate of drug-likeness (QED) is 0.673. The summed E-state index contributed by atoms with van der Waals surface area (Å²) in [5.74, 6) is -0.647. The molecule has 2 aromatic carbocycles. The van der Waals surface area contributed by atoms with Crippen LogP contribution in [0.2, 0.25) is 0 Å². The Morgan fingerprint density at radius 2 is 1.73 bits per heavy atom. The van der Waals surface area contributed by atoms with E-state index < -0.39 is 10.8 Å². The fourth-order valence-corrected chi connectivity index (χ4v) is 3.03. The maximum absolute atomic E-state index is 12.6. The summed E-state index contributed by atoms with van der Waals surface area (Å²) in [5.41, 5.74) is 0.638. The van der Waals surface area contributed by atoms with Gasteiger partial charge in [-0.05, 0) is 43.5 Å². The number of nitro groups is 1. The van der Waals surface area contributed by atoms with Crippen LogP contribution in [0.5, 0.6) is 0 Å². The summed E-state index contributed by atoms with van der Waals surface area (Å²) in [6, 6.07) is 12.4. The number of para-hydroxylation sites is 1. The number of benzene rings is 2. The SMILES string of the molecule is O=C(Nc1cccc(C(=O)N2CCCCC2)c1)c1ccccc1[N+](=O)[O-]. The fraction of sp³-hybridized carbons (Fsp3) is 0.263. The molecule has 1 N–H and O–H groups in total. The van der Waals surface area contributed by atoms with Crippen molar-refractivity contribution in [2.45, 2.75) is 19.3 Å². The van der Waals surface area contributed by atoms with Gasteiger partial charge in [0.25, 0.3) is 17.5 Å². The molecule has 3 rings (SSSR count). The lowest BCUT2D eigenvalue weighted by molar-refractivity contribution is -0.385. The van der Waals surface area contributed by atoms with Crippen molar-refractivity contribution in [1.82, 2.24) is 4.90 Å². The van der Waals surface area contributed by atoms with Gasteiger partial charge in [0, 0.05) is 30.4 Å². The van der Waals surface area contributed by atoms with E-state index in [4.69, 9.17) is 0 Å². The maximum Gasteiger partial charge on any atom is 0.282 e. The van der Waals surface area contributed by atoms with Crippen LogP contribution in [0.15, 0.2) is 48.5 Å². The molecule has 1 fully saturated rings. The van der Waals surface area contributed by atoms with Crippen LogP contribution in [-0.2, 0) is 0 Å². The van der Waals surface area contributed by atoms with Gasteiger partial charge >= 0.3 is 0 Å². The van der Waals surface area contributed by atoms with E-state index in [1.165, 1.54) is 18.2 Å². The first kappa shape index (κ1) is 17.6. The molecule has 1 aliphatic rings. The second kappa shape index (κ2) is 7.77. The molecular weight excluding hydrogens is 334 g/mol. The second-order valence-corrected chi connectivity index (χ2v) is 6.16. The number of anilines is 1. The number of nitro benzene ring substituents is 1. The molecule has 1 heterocycles. The fourth-order valence-electron chi connectivity index (χ4n) is 3.03. The van der Waals surface area contributed by atoms with Crippen molar-refractivity contribution in [2.75, 3.05) is 18.4 Å². The van der Waals surface area contributed by atoms with Crippen molar-refractivity contribution in [3.8, 4) is 0 Å². The van der Waals surface area contributed by atoms with Crippen LogP contribution < -0.4 is 5.32 Å². The number of carbonyl (C=O) groups is 2. The Hall–Kier alpha value is -3.22. The number of piperidine rings is 1. The predicted octanol–water partition coefficient (Wildman–Crippen LogP) is 3.47. The minimum Gasteiger partial charge on any atom is -0.339 e. The lowest BCUT2D eigenvalue weighted by Crippen LogP contribution is -2.35. The van der Waals surface area contributed by atoms with Crippen LogP contribution in [-0.4, -0.2) is 34.7 Å². The van der Waals surface area contributed by atoms with Gasteiger partial charge in [-0.3, -0.25) is 19.7 Å². The summed E-state index contributed by atoms with van der Waals surface area (Å²) < 4.78 is 0. The van der Waals surface area contributed by atoms with Crippen molar-refractivity contribution in [2.24, 2.45) is 0 Å². The van der Waals surface area contributed by atoms with Crippen LogP contribution in [0, 0.1) is 10.1 Å². The second-order valence-electron chi connectivity index (χ2n) is 6.16. The molecule has 26 heavy (non-hydrogen) atoms. The first-order valence-corrected chi connectivity index (χ1v) is 8.50. The Bertz CT molecular complexity index is 844. The number of nitrogens with one attached hydrogen (secondary N) is 1. The number of hydrogen-bond donors (Lipinski definition) is 1. The summed E-state index contributed by atoms with van der Waals surface area (Å²) in [5, 5.41) is 13.7. The van der Waals surface area contributed by atoms with Gasteiger partial charge in [0.15, 0.2) is 0 Å². The average molecular weight is 353 g/mol. The van der Waals surface area contributed by atoms with Gasteiger partial charge in [0.05, 0.1) is 4.92 Å². The molecule has 0 radical (unpaired) electrons. The molecule has 0 aliphatic carbocycles. The third kappa shape index (κ3) is 3.88. The largest absolute Gasteiger partial charge is 0.339 e. The van der Waals surface area contributed by atoms with Crippen LogP contribution in [0.25, 0.3) is 0 Å². The third-order valence-corrected chi connectivity index (χ3v) is 4.36. The van der Waals surface area contributed by atoms with E-state index in [2.05, 4.69) is 5.32 Å². The molecular formula is C19H19N3O4. The molecule has 1 aliphatic heterocycles. The van der Waals surface area contributed by atoms with Crippen LogP contribution in [0.3, 0.4) is 0 Å². The average Bonchev–Trinajstić information content (AvgIpc) is 2.68. The normalized spacial score (nSPS) is 13.9. The summed E-state index contributed by atoms with van der Waals surface area (Å²) in [6.07, 6.45) is 3.13. The van der Waals surface area contributed by atoms with Crippen molar-refractivity contribution in [3.05, 3.63) is 69.8 Å². The van der Waals surface area contributed by atoms with Crippen molar-refractivity contribution >= 4 is 23.2 Å². The topological polar surface area (TPSA) is 92.6 Å². The number of likely N-dealkylation sites (tertiary alicyclic amines) is 1. The number of carbonyl (C=O) groups excluding carboxylic acids is 2. The zero-order chi connectivity index (χ0) is 18.5. The van der Waals surface area contributed by atoms with E-state index in [0.29, 0.717) is 11.3 Å². The highest BCUT2D eigenvalue weighted by Crippen LogP contribution is 2.21. The first-order valence-electron chi connectivity index (χ1n) is 8.50. The van der Waals surface area contributed by atoms with Gasteiger partial charge < -0.3 is 10.2 Å². The van der Waals surface area contributed by atoms with Crippen LogP contribution in [0.1, 0.15) is 40.0 Å². The highest BCUT2D eigenvalue weighted by atomic mass is 16.6. The van der Waals surface area contributed by atoms with E-state index in [1.54, 1.807) is 30.3 Å². The zero-order valence-electron chi connectivity index (χ0n) is 14.2. The van der Waals surface area contributed by atoms with Gasteiger partial charge in [-0.2, -0.15) is 0 Å². The lowest BCUT2D eigenvalue weighted by atomic mass is 10.1. The van der Waals surface area contributed by atoms with E-state index in [9.17, 15) is 19.7 Å². The smallest absolute Gasteiger partial charge is 0.282 e. The molecule has 2 aromatic rings. The molecule has 7 nitrogen and oxygen atoms in total. The van der Waals surface area contributed by atoms with Crippen molar-refractivity contribution < 1.29 is 14.5 Å². The van der Waals surface area contributed by atoms with E-state index in [0.717, 1.165) is 32.4 Å². The Labute approximate surface area is 150 Å². The summed E-state index contributed by atoms with van der Waals surface area (Å²) in [7, 11) is 0. The molecule has 2 amide bonds. The highest BCUT2D eigenvalue weighted by molar-refractivity contribution is 6.07. The maximum atomic E-state index is 12.6. The van der Waals surface area contributed by atoms with Crippen molar-refractivity contribution in [1.29, 1.82) is 0 Å². The monoisotopic (exact) mass is 353 g/mol. The Morgan fingerprint density at radius 3 is 2.46 bits per heavy atom. The molecule has 0 spiro atoms. The molecule has 0 unspecified atom stereocenters. The van der Waals surface area contributed by atoms with Gasteiger partial charge in [0.2, 0.25) is 0 Å². The van der Waals surface area contributed by atoms with Crippen LogP contribution >= 0.6 is 0 Å². The minimum absolute atomic E-state index is 0.0229. The van der Waals surface area contributed by atoms with E-state index in [1.807, 2.05) is 4.90 Å². The Morgan fingerprint density at radius 1 is 1.00 bits per heavy atom. The number of nitrogens with zero attached hydrogens (tertiary/aromatic N) is 2. The zero-order valence-corrected chi connectivity index (χ0v) is 14.2. The summed E-state index contributed by atoms with van der Waals surface area (Å²) in [6.45, 7) is 1.48. The van der Waals surface area contributed by atoms with Gasteiger partial charge in [0.1, 0.15) is 5.56 Å². The third-order valence-electron chi connectivity index (χ3n) is 4.36. The molecule has 0 saturated carbocycles. The number of rotatable bonds is 4. The first-order chi connectivity index (χ1) is 12.6. The standard InChI is InChI=1S/C19H19N3O4/c23-18(16-9-2-3-10-17(16)22(25)26)20-15-8-6-7-14(13-15)19(24)21-11-4-1-5-12-21/h2-3,6-10,13H,1,4-5,11-12H2,(H,20,23). The molecule has 134 valence electrons. The predicted molar refractivity (Wildman–Crippen MR) is 97.2 cm³/mol.